The van der Waals surface area contributed by atoms with Crippen LogP contribution in [-0.4, -0.2) is 40.5 Å². The lowest BCUT2D eigenvalue weighted by molar-refractivity contribution is -0.139. The Bertz CT molecular complexity index is 190. The molecule has 0 radical (unpaired) electrons. The Kier molecular flexibility index (Phi) is 19.9. The fraction of sp³-hybridized carbons (Fsp3) is 0.933. The number of aliphatic hydroxyl groups is 2. The molecule has 0 aliphatic rings. The van der Waals surface area contributed by atoms with Gasteiger partial charge in [0.1, 0.15) is 6.04 Å². The van der Waals surface area contributed by atoms with Crippen molar-refractivity contribution in [3.05, 3.63) is 0 Å². The second kappa shape index (κ2) is 18.4. The van der Waals surface area contributed by atoms with Crippen LogP contribution >= 0.6 is 0 Å². The highest BCUT2D eigenvalue weighted by Gasteiger charge is 2.07. The summed E-state index contributed by atoms with van der Waals surface area (Å²) >= 11 is 0. The van der Waals surface area contributed by atoms with Gasteiger partial charge in [0.05, 0.1) is 6.61 Å². The minimum atomic E-state index is -1.18. The number of carboxylic acid groups (broad SMARTS) is 1. The Hall–Kier alpha value is -0.650. The number of hydrogen-bond donors (Lipinski definition) is 4. The smallest absolute Gasteiger partial charge is 0.322 e. The molecule has 0 heterocycles. The van der Waals surface area contributed by atoms with Crippen LogP contribution < -0.4 is 5.73 Å². The van der Waals surface area contributed by atoms with Crippen LogP contribution in [-0.2, 0) is 4.79 Å². The first-order valence-electron chi connectivity index (χ1n) is 7.80. The molecule has 0 aromatic rings. The van der Waals surface area contributed by atoms with Crippen molar-refractivity contribution in [3.8, 4) is 0 Å². The third-order valence-corrected chi connectivity index (χ3v) is 3.03. The number of carbonyl (C=O) groups is 1. The number of unbranched alkanes of at least 4 members (excludes halogenated alkanes) is 9. The zero-order valence-corrected chi connectivity index (χ0v) is 12.9. The zero-order valence-electron chi connectivity index (χ0n) is 12.9. The van der Waals surface area contributed by atoms with Gasteiger partial charge >= 0.3 is 5.97 Å². The molecule has 20 heavy (non-hydrogen) atoms. The van der Waals surface area contributed by atoms with E-state index in [4.69, 9.17) is 21.1 Å². The molecule has 0 bridgehead atoms. The predicted molar refractivity (Wildman–Crippen MR) is 81.6 cm³/mol. The van der Waals surface area contributed by atoms with Gasteiger partial charge in [-0.1, -0.05) is 64.7 Å². The molecule has 0 saturated carbocycles. The molecule has 5 N–H and O–H groups in total. The molecule has 0 saturated heterocycles. The van der Waals surface area contributed by atoms with Gasteiger partial charge in [-0.25, -0.2) is 0 Å². The third-order valence-electron chi connectivity index (χ3n) is 3.03. The first-order chi connectivity index (χ1) is 9.59. The van der Waals surface area contributed by atoms with Crippen LogP contribution in [0.5, 0.6) is 0 Å². The van der Waals surface area contributed by atoms with Crippen LogP contribution in [0.25, 0.3) is 0 Å². The molecule has 1 atom stereocenters. The monoisotopic (exact) mass is 291 g/mol. The maximum atomic E-state index is 9.65. The summed E-state index contributed by atoms with van der Waals surface area (Å²) in [5, 5.41) is 24.5. The molecule has 0 spiro atoms. The first-order valence-corrected chi connectivity index (χ1v) is 7.80. The lowest BCUT2D eigenvalue weighted by atomic mass is 10.1. The van der Waals surface area contributed by atoms with E-state index in [1.165, 1.54) is 57.8 Å². The summed E-state index contributed by atoms with van der Waals surface area (Å²) in [7, 11) is 0. The highest BCUT2D eigenvalue weighted by molar-refractivity contribution is 5.73. The van der Waals surface area contributed by atoms with E-state index in [-0.39, 0.29) is 0 Å². The second-order valence-electron chi connectivity index (χ2n) is 5.03. The van der Waals surface area contributed by atoms with E-state index in [2.05, 4.69) is 6.92 Å². The molecule has 5 heteroatoms. The van der Waals surface area contributed by atoms with Crippen molar-refractivity contribution >= 4 is 5.97 Å². The molecule has 0 aromatic heterocycles. The Labute approximate surface area is 123 Å². The molecule has 0 rings (SSSR count). The normalized spacial score (nSPS) is 11.6. The highest BCUT2D eigenvalue weighted by atomic mass is 16.4. The van der Waals surface area contributed by atoms with Gasteiger partial charge in [0.25, 0.3) is 0 Å². The van der Waals surface area contributed by atoms with Crippen molar-refractivity contribution in [3.63, 3.8) is 0 Å². The molecule has 0 amide bonds. The van der Waals surface area contributed by atoms with Crippen molar-refractivity contribution in [2.24, 2.45) is 5.73 Å². The average Bonchev–Trinajstić information content (AvgIpc) is 2.45. The summed E-state index contributed by atoms with van der Waals surface area (Å²) in [6.07, 6.45) is 13.3. The number of hydrogen-bond acceptors (Lipinski definition) is 4. The van der Waals surface area contributed by atoms with E-state index in [1.807, 2.05) is 0 Å². The lowest BCUT2D eigenvalue weighted by Crippen LogP contribution is -2.33. The summed E-state index contributed by atoms with van der Waals surface area (Å²) in [6.45, 7) is 2.13. The Morgan fingerprint density at radius 2 is 1.30 bits per heavy atom. The van der Waals surface area contributed by atoms with Gasteiger partial charge in [-0.15, -0.1) is 0 Å². The number of rotatable bonds is 12. The minimum Gasteiger partial charge on any atom is -0.480 e. The second-order valence-corrected chi connectivity index (χ2v) is 5.03. The van der Waals surface area contributed by atoms with Gasteiger partial charge in [0.15, 0.2) is 0 Å². The maximum Gasteiger partial charge on any atom is 0.322 e. The fourth-order valence-corrected chi connectivity index (χ4v) is 1.68. The van der Waals surface area contributed by atoms with Gasteiger partial charge < -0.3 is 21.1 Å². The van der Waals surface area contributed by atoms with E-state index in [9.17, 15) is 4.79 Å². The standard InChI is InChI=1S/C12H26O.C3H7NO3/c1-2-3-4-5-6-7-8-9-10-11-12-13;4-2(1-5)3(6)7/h13H,2-12H2,1H3;2,5H,1,4H2,(H,6,7)/t;2-/m.0/s1. The SMILES string of the molecule is CCCCCCCCCCCCO.N[C@@H](CO)C(=O)O. The van der Waals surface area contributed by atoms with E-state index >= 15 is 0 Å². The number of nitrogens with two attached hydrogens (primary N) is 1. The largest absolute Gasteiger partial charge is 0.480 e. The molecule has 0 aliphatic heterocycles. The van der Waals surface area contributed by atoms with E-state index in [0.717, 1.165) is 6.42 Å². The summed E-state index contributed by atoms with van der Waals surface area (Å²) in [5.74, 6) is -1.18. The first kappa shape index (κ1) is 21.6. The van der Waals surface area contributed by atoms with Gasteiger partial charge in [0.2, 0.25) is 0 Å². The molecule has 5 nitrogen and oxygen atoms in total. The zero-order chi connectivity index (χ0) is 15.6. The Morgan fingerprint density at radius 3 is 1.55 bits per heavy atom. The van der Waals surface area contributed by atoms with Crippen LogP contribution in [0.15, 0.2) is 0 Å². The van der Waals surface area contributed by atoms with Gasteiger partial charge in [-0.3, -0.25) is 4.79 Å². The van der Waals surface area contributed by atoms with Crippen molar-refractivity contribution in [2.75, 3.05) is 13.2 Å². The third kappa shape index (κ3) is 19.7. The Balaban J connectivity index is 0. The fourth-order valence-electron chi connectivity index (χ4n) is 1.68. The van der Waals surface area contributed by atoms with Crippen LogP contribution in [0.4, 0.5) is 0 Å². The van der Waals surface area contributed by atoms with Crippen LogP contribution in [0.1, 0.15) is 71.1 Å². The van der Waals surface area contributed by atoms with E-state index in [0.29, 0.717) is 6.61 Å². The van der Waals surface area contributed by atoms with Crippen LogP contribution in [0.3, 0.4) is 0 Å². The molecule has 0 unspecified atom stereocenters. The maximum absolute atomic E-state index is 9.65. The minimum absolute atomic E-state index is 0.372. The summed E-state index contributed by atoms with van der Waals surface area (Å²) in [6, 6.07) is -1.13. The Morgan fingerprint density at radius 1 is 0.900 bits per heavy atom. The van der Waals surface area contributed by atoms with Crippen molar-refractivity contribution < 1.29 is 20.1 Å². The quantitative estimate of drug-likeness (QED) is 0.413. The highest BCUT2D eigenvalue weighted by Crippen LogP contribution is 2.09. The summed E-state index contributed by atoms with van der Waals surface area (Å²) in [4.78, 5) is 9.65. The summed E-state index contributed by atoms with van der Waals surface area (Å²) in [5.41, 5.74) is 4.77. The van der Waals surface area contributed by atoms with Crippen molar-refractivity contribution in [1.29, 1.82) is 0 Å². The van der Waals surface area contributed by atoms with Gasteiger partial charge in [-0.2, -0.15) is 0 Å². The van der Waals surface area contributed by atoms with Crippen molar-refractivity contribution in [2.45, 2.75) is 77.2 Å². The molecular formula is C15H33NO4. The van der Waals surface area contributed by atoms with Gasteiger partial charge in [0, 0.05) is 6.61 Å². The summed E-state index contributed by atoms with van der Waals surface area (Å²) < 4.78 is 0. The van der Waals surface area contributed by atoms with E-state index in [1.54, 1.807) is 0 Å². The van der Waals surface area contributed by atoms with Crippen LogP contribution in [0.2, 0.25) is 0 Å². The van der Waals surface area contributed by atoms with E-state index < -0.39 is 18.6 Å². The molecule has 0 fully saturated rings. The van der Waals surface area contributed by atoms with Crippen LogP contribution in [0, 0.1) is 0 Å². The predicted octanol–water partition coefficient (Wildman–Crippen LogP) is 2.29. The average molecular weight is 291 g/mol. The molecule has 0 aromatic carbocycles. The van der Waals surface area contributed by atoms with Gasteiger partial charge in [-0.05, 0) is 6.42 Å². The van der Waals surface area contributed by atoms with Crippen molar-refractivity contribution in [1.82, 2.24) is 0 Å². The number of aliphatic carboxylic acids is 1. The number of aliphatic hydroxyl groups excluding tert-OH is 2. The number of carboxylic acids is 1. The lowest BCUT2D eigenvalue weighted by Gasteiger charge is -2.00. The topological polar surface area (TPSA) is 104 Å². The molecular weight excluding hydrogens is 258 g/mol. The molecule has 122 valence electrons. The molecule has 0 aliphatic carbocycles.